The number of ether oxygens (including phenoxy) is 1. The van der Waals surface area contributed by atoms with Gasteiger partial charge in [0.1, 0.15) is 0 Å². The van der Waals surface area contributed by atoms with Crippen LogP contribution in [0, 0.1) is 0 Å². The van der Waals surface area contributed by atoms with E-state index in [4.69, 9.17) is 23.7 Å². The fourth-order valence-electron chi connectivity index (χ4n) is 1.27. The highest BCUT2D eigenvalue weighted by Gasteiger charge is 2.36. The quantitative estimate of drug-likeness (QED) is 0.489. The van der Waals surface area contributed by atoms with Crippen LogP contribution in [0.1, 0.15) is 20.3 Å². The third-order valence-corrected chi connectivity index (χ3v) is 5.51. The largest absolute Gasteiger partial charge is 0.500 e. The molecule has 0 saturated carbocycles. The van der Waals surface area contributed by atoms with Gasteiger partial charge in [-0.15, -0.1) is 0 Å². The van der Waals surface area contributed by atoms with Gasteiger partial charge in [0.25, 0.3) is 0 Å². The molecule has 0 aliphatic heterocycles. The maximum Gasteiger partial charge on any atom is 0.500 e. The first-order chi connectivity index (χ1) is 7.51. The molecule has 0 spiro atoms. The van der Waals surface area contributed by atoms with Gasteiger partial charge in [0, 0.05) is 40.0 Å². The summed E-state index contributed by atoms with van der Waals surface area (Å²) >= 11 is 0. The van der Waals surface area contributed by atoms with E-state index < -0.39 is 8.80 Å². The zero-order chi connectivity index (χ0) is 12.6. The van der Waals surface area contributed by atoms with Crippen molar-refractivity contribution in [3.8, 4) is 0 Å². The van der Waals surface area contributed by atoms with Crippen LogP contribution < -0.4 is 5.73 Å². The Morgan fingerprint density at radius 2 is 1.56 bits per heavy atom. The molecule has 0 rings (SSSR count). The first-order valence-corrected chi connectivity index (χ1v) is 7.47. The highest BCUT2D eigenvalue weighted by atomic mass is 28.4. The molecular weight excluding hydrogens is 226 g/mol. The SMILES string of the molecule is CO[Si](CCCOC(C)[C@H](C)N)(OC)OC. The van der Waals surface area contributed by atoms with E-state index in [0.717, 1.165) is 12.5 Å². The zero-order valence-electron chi connectivity index (χ0n) is 11.0. The Balaban J connectivity index is 3.79. The molecule has 98 valence electrons. The van der Waals surface area contributed by atoms with Gasteiger partial charge in [0.15, 0.2) is 0 Å². The Labute approximate surface area is 99.6 Å². The lowest BCUT2D eigenvalue weighted by atomic mass is 10.2. The second-order valence-electron chi connectivity index (χ2n) is 3.83. The van der Waals surface area contributed by atoms with Gasteiger partial charge in [-0.25, -0.2) is 0 Å². The van der Waals surface area contributed by atoms with Crippen molar-refractivity contribution < 1.29 is 18.0 Å². The van der Waals surface area contributed by atoms with E-state index in [1.165, 1.54) is 0 Å². The summed E-state index contributed by atoms with van der Waals surface area (Å²) in [5, 5.41) is 0. The van der Waals surface area contributed by atoms with Gasteiger partial charge in [-0.1, -0.05) is 0 Å². The van der Waals surface area contributed by atoms with Gasteiger partial charge in [0.05, 0.1) is 6.10 Å². The Morgan fingerprint density at radius 1 is 1.06 bits per heavy atom. The molecule has 6 heteroatoms. The molecule has 0 heterocycles. The van der Waals surface area contributed by atoms with Crippen LogP contribution >= 0.6 is 0 Å². The first-order valence-electron chi connectivity index (χ1n) is 5.54. The standard InChI is InChI=1S/C10H25NO4Si/c1-9(11)10(2)15-7-6-8-16(12-3,13-4)14-5/h9-10H,6-8,11H2,1-5H3/t9-,10?/m0/s1. The maximum absolute atomic E-state index is 5.69. The fourth-order valence-corrected chi connectivity index (χ4v) is 2.96. The van der Waals surface area contributed by atoms with Crippen LogP contribution in [-0.4, -0.2) is 48.9 Å². The fraction of sp³-hybridized carbons (Fsp3) is 1.00. The monoisotopic (exact) mass is 251 g/mol. The summed E-state index contributed by atoms with van der Waals surface area (Å²) in [6.07, 6.45) is 0.919. The molecule has 16 heavy (non-hydrogen) atoms. The highest BCUT2D eigenvalue weighted by Crippen LogP contribution is 2.15. The topological polar surface area (TPSA) is 62.9 Å². The highest BCUT2D eigenvalue weighted by molar-refractivity contribution is 6.60. The second kappa shape index (κ2) is 8.16. The minimum Gasteiger partial charge on any atom is -0.377 e. The summed E-state index contributed by atoms with van der Waals surface area (Å²) in [6, 6.07) is 0.802. The van der Waals surface area contributed by atoms with E-state index in [1.54, 1.807) is 21.3 Å². The predicted molar refractivity (Wildman–Crippen MR) is 65.3 cm³/mol. The Hall–Kier alpha value is 0.0169. The number of hydrogen-bond acceptors (Lipinski definition) is 5. The van der Waals surface area contributed by atoms with Gasteiger partial charge >= 0.3 is 8.80 Å². The lowest BCUT2D eigenvalue weighted by molar-refractivity contribution is 0.0485. The van der Waals surface area contributed by atoms with Crippen molar-refractivity contribution in [1.29, 1.82) is 0 Å². The zero-order valence-corrected chi connectivity index (χ0v) is 12.0. The first kappa shape index (κ1) is 16.0. The number of rotatable bonds is 9. The second-order valence-corrected chi connectivity index (χ2v) is 6.92. The molecular formula is C10H25NO4Si. The van der Waals surface area contributed by atoms with Crippen molar-refractivity contribution in [2.75, 3.05) is 27.9 Å². The third kappa shape index (κ3) is 5.38. The molecule has 0 amide bonds. The van der Waals surface area contributed by atoms with Crippen LogP contribution in [0.15, 0.2) is 0 Å². The normalized spacial score (nSPS) is 16.1. The van der Waals surface area contributed by atoms with Crippen molar-refractivity contribution in [1.82, 2.24) is 0 Å². The molecule has 0 aromatic heterocycles. The van der Waals surface area contributed by atoms with Crippen LogP contribution in [0.4, 0.5) is 0 Å². The minimum atomic E-state index is -2.43. The van der Waals surface area contributed by atoms with E-state index in [1.807, 2.05) is 13.8 Å². The average molecular weight is 251 g/mol. The molecule has 2 atom stereocenters. The van der Waals surface area contributed by atoms with Gasteiger partial charge in [-0.05, 0) is 20.3 Å². The van der Waals surface area contributed by atoms with Crippen molar-refractivity contribution in [2.24, 2.45) is 5.73 Å². The summed E-state index contributed by atoms with van der Waals surface area (Å²) < 4.78 is 21.5. The lowest BCUT2D eigenvalue weighted by Gasteiger charge is -2.24. The Kier molecular flexibility index (Phi) is 8.17. The minimum absolute atomic E-state index is 0.0503. The van der Waals surface area contributed by atoms with Gasteiger partial charge in [-0.2, -0.15) is 0 Å². The van der Waals surface area contributed by atoms with Crippen LogP contribution in [0.3, 0.4) is 0 Å². The van der Waals surface area contributed by atoms with Gasteiger partial charge in [0.2, 0.25) is 0 Å². The summed E-state index contributed by atoms with van der Waals surface area (Å²) in [6.45, 7) is 4.55. The Bertz CT molecular complexity index is 168. The van der Waals surface area contributed by atoms with Crippen molar-refractivity contribution in [3.63, 3.8) is 0 Å². The van der Waals surface area contributed by atoms with Crippen molar-refractivity contribution in [2.45, 2.75) is 38.5 Å². The van der Waals surface area contributed by atoms with Crippen LogP contribution in [-0.2, 0) is 18.0 Å². The van der Waals surface area contributed by atoms with Gasteiger partial charge < -0.3 is 23.7 Å². The molecule has 0 aliphatic rings. The third-order valence-electron chi connectivity index (χ3n) is 2.68. The van der Waals surface area contributed by atoms with Crippen LogP contribution in [0.25, 0.3) is 0 Å². The maximum atomic E-state index is 5.69. The number of nitrogens with two attached hydrogens (primary N) is 1. The van der Waals surface area contributed by atoms with E-state index >= 15 is 0 Å². The summed E-state index contributed by atoms with van der Waals surface area (Å²) in [5.74, 6) is 0. The molecule has 5 nitrogen and oxygen atoms in total. The van der Waals surface area contributed by atoms with Gasteiger partial charge in [-0.3, -0.25) is 0 Å². The lowest BCUT2D eigenvalue weighted by Crippen LogP contribution is -2.43. The predicted octanol–water partition coefficient (Wildman–Crippen LogP) is 1.01. The molecule has 0 radical (unpaired) electrons. The summed E-state index contributed by atoms with van der Waals surface area (Å²) in [5.41, 5.74) is 5.69. The molecule has 0 bridgehead atoms. The molecule has 0 fully saturated rings. The van der Waals surface area contributed by atoms with Crippen LogP contribution in [0.2, 0.25) is 6.04 Å². The molecule has 0 saturated heterocycles. The van der Waals surface area contributed by atoms with E-state index in [-0.39, 0.29) is 12.1 Å². The van der Waals surface area contributed by atoms with E-state index in [0.29, 0.717) is 6.61 Å². The molecule has 0 aromatic carbocycles. The molecule has 0 aliphatic carbocycles. The molecule has 0 aromatic rings. The summed E-state index contributed by atoms with van der Waals surface area (Å²) in [4.78, 5) is 0. The van der Waals surface area contributed by atoms with E-state index in [9.17, 15) is 0 Å². The van der Waals surface area contributed by atoms with E-state index in [2.05, 4.69) is 0 Å². The Morgan fingerprint density at radius 3 is 1.94 bits per heavy atom. The smallest absolute Gasteiger partial charge is 0.377 e. The molecule has 2 N–H and O–H groups in total. The van der Waals surface area contributed by atoms with Crippen molar-refractivity contribution in [3.05, 3.63) is 0 Å². The molecule has 1 unspecified atom stereocenters. The summed E-state index contributed by atoms with van der Waals surface area (Å²) in [7, 11) is 2.42. The van der Waals surface area contributed by atoms with Crippen LogP contribution in [0.5, 0.6) is 0 Å². The average Bonchev–Trinajstić information content (AvgIpc) is 2.30. The number of hydrogen-bond donors (Lipinski definition) is 1. The van der Waals surface area contributed by atoms with Crippen molar-refractivity contribution >= 4 is 8.80 Å².